The molecule has 16 nitrogen and oxygen atoms in total. The summed E-state index contributed by atoms with van der Waals surface area (Å²) in [5.74, 6) is 2.24. The largest absolute Gasteiger partial charge is 0.488 e. The van der Waals surface area contributed by atoms with Crippen molar-refractivity contribution in [1.29, 1.82) is 0 Å². The zero-order chi connectivity index (χ0) is 46.4. The molecule has 16 heteroatoms. The molecule has 9 rings (SSSR count). The Morgan fingerprint density at radius 1 is 0.833 bits per heavy atom. The molecule has 0 bridgehead atoms. The van der Waals surface area contributed by atoms with Gasteiger partial charge in [-0.15, -0.1) is 0 Å². The van der Waals surface area contributed by atoms with E-state index in [4.69, 9.17) is 28.9 Å². The van der Waals surface area contributed by atoms with Crippen molar-refractivity contribution in [2.45, 2.75) is 103 Å². The van der Waals surface area contributed by atoms with E-state index in [1.54, 1.807) is 11.1 Å². The minimum Gasteiger partial charge on any atom is -0.488 e. The van der Waals surface area contributed by atoms with Crippen LogP contribution in [0.1, 0.15) is 100 Å². The minimum absolute atomic E-state index is 0.130. The molecule has 4 N–H and O–H groups in total. The van der Waals surface area contributed by atoms with Gasteiger partial charge in [-0.3, -0.25) is 9.59 Å². The first kappa shape index (κ1) is 45.0. The van der Waals surface area contributed by atoms with E-state index in [1.165, 1.54) is 39.0 Å². The number of H-pyrrole nitrogens is 2. The van der Waals surface area contributed by atoms with Crippen LogP contribution < -0.4 is 15.4 Å². The van der Waals surface area contributed by atoms with E-state index >= 15 is 0 Å². The molecule has 2 aliphatic carbocycles. The lowest BCUT2D eigenvalue weighted by atomic mass is 9.86. The number of fused-ring (bicyclic) bond motifs is 6. The number of methoxy groups -OCH3 is 2. The molecule has 0 spiro atoms. The molecule has 5 heterocycles. The van der Waals surface area contributed by atoms with Crippen LogP contribution >= 0.6 is 0 Å². The highest BCUT2D eigenvalue weighted by atomic mass is 16.5. The van der Waals surface area contributed by atoms with Crippen LogP contribution in [-0.2, 0) is 43.2 Å². The van der Waals surface area contributed by atoms with Crippen molar-refractivity contribution in [3.63, 3.8) is 0 Å². The second kappa shape index (κ2) is 18.6. The van der Waals surface area contributed by atoms with E-state index < -0.39 is 30.3 Å². The third-order valence-electron chi connectivity index (χ3n) is 14.2. The van der Waals surface area contributed by atoms with Crippen LogP contribution in [0.3, 0.4) is 0 Å². The van der Waals surface area contributed by atoms with Crippen LogP contribution in [0.5, 0.6) is 5.75 Å². The van der Waals surface area contributed by atoms with Gasteiger partial charge in [-0.2, -0.15) is 0 Å². The minimum atomic E-state index is -0.755. The first-order valence-electron chi connectivity index (χ1n) is 23.4. The summed E-state index contributed by atoms with van der Waals surface area (Å²) in [4.78, 5) is 73.3. The molecule has 1 unspecified atom stereocenters. The second-order valence-electron chi connectivity index (χ2n) is 19.3. The summed E-state index contributed by atoms with van der Waals surface area (Å²) in [6.07, 6.45) is 7.07. The van der Waals surface area contributed by atoms with Gasteiger partial charge in [0.25, 0.3) is 0 Å². The quantitative estimate of drug-likeness (QED) is 0.0982. The number of alkyl carbamates (subject to hydrolysis) is 2. The Morgan fingerprint density at radius 3 is 2.23 bits per heavy atom. The number of nitrogens with one attached hydrogen (secondary N) is 4. The Labute approximate surface area is 385 Å². The van der Waals surface area contributed by atoms with E-state index in [2.05, 4.69) is 57.5 Å². The van der Waals surface area contributed by atoms with Crippen molar-refractivity contribution in [3.05, 3.63) is 77.2 Å². The predicted octanol–water partition coefficient (Wildman–Crippen LogP) is 7.42. The molecule has 1 saturated carbocycles. The highest BCUT2D eigenvalue weighted by molar-refractivity contribution is 5.88. The number of hydrogen-bond acceptors (Lipinski definition) is 10. The number of likely N-dealkylation sites (tertiary alicyclic amines) is 2. The Balaban J connectivity index is 0.947. The molecular formula is C50H62N8O8. The Morgan fingerprint density at radius 2 is 1.55 bits per heavy atom. The first-order valence-corrected chi connectivity index (χ1v) is 23.4. The van der Waals surface area contributed by atoms with Gasteiger partial charge < -0.3 is 49.3 Å². The van der Waals surface area contributed by atoms with E-state index in [9.17, 15) is 19.2 Å². The molecule has 2 aromatic heterocycles. The number of nitrogens with zero attached hydrogens (tertiary/aromatic N) is 4. The average molecular weight is 903 g/mol. The number of aryl methyl sites for hydroxylation is 2. The van der Waals surface area contributed by atoms with Gasteiger partial charge in [-0.05, 0) is 102 Å². The lowest BCUT2D eigenvalue weighted by molar-refractivity contribution is -0.136. The smallest absolute Gasteiger partial charge is 0.407 e. The van der Waals surface area contributed by atoms with Crippen molar-refractivity contribution >= 4 is 24.0 Å². The lowest BCUT2D eigenvalue weighted by Gasteiger charge is -2.30. The topological polar surface area (TPSA) is 193 Å². The summed E-state index contributed by atoms with van der Waals surface area (Å²) in [6.45, 7) is 14.6. The standard InChI is InChI=1S/C50H62N8O8/c1-26(2)41(55-49(61)63-6)47(59)57-16-15-28(5)44(57)46-51-21-38(53-46)32-11-13-34-33(18-32)25-66-40-20-35-31(19-36(34)40)12-14-37-43(35)54-45(52-37)39-17-30(24-65-23-29-9-8-10-29)22-58(39)48(60)42(27(3)4)56-50(62)64-7/h11,13,18-21,26-27,29-30,39,41-42,44H,5,8-10,12,14-17,22-25H2,1-4,6-7H3,(H,51,53)(H,52,54)(H,55,61)(H,56,62)/t30?,39-,41-,42-,44-/m0/s1. The third-order valence-corrected chi connectivity index (χ3v) is 14.2. The number of hydrogen-bond donors (Lipinski definition) is 4. The summed E-state index contributed by atoms with van der Waals surface area (Å²) >= 11 is 0. The monoisotopic (exact) mass is 902 g/mol. The van der Waals surface area contributed by atoms with Crippen LogP contribution in [0.4, 0.5) is 9.59 Å². The van der Waals surface area contributed by atoms with Crippen LogP contribution in [-0.4, -0.2) is 106 Å². The summed E-state index contributed by atoms with van der Waals surface area (Å²) in [5, 5.41) is 5.48. The highest BCUT2D eigenvalue weighted by Crippen LogP contribution is 2.46. The van der Waals surface area contributed by atoms with Gasteiger partial charge >= 0.3 is 12.2 Å². The molecule has 4 aromatic rings. The zero-order valence-electron chi connectivity index (χ0n) is 38.8. The fourth-order valence-electron chi connectivity index (χ4n) is 10.3. The molecule has 4 amide bonds. The zero-order valence-corrected chi connectivity index (χ0v) is 38.8. The third kappa shape index (κ3) is 8.67. The van der Waals surface area contributed by atoms with Crippen molar-refractivity contribution in [3.8, 4) is 39.4 Å². The molecule has 5 aliphatic rings. The maximum Gasteiger partial charge on any atom is 0.407 e. The van der Waals surface area contributed by atoms with E-state index in [-0.39, 0.29) is 35.6 Å². The normalized spacial score (nSPS) is 20.7. The number of benzene rings is 2. The SMILES string of the molecule is C=C1CCN(C(=O)[C@@H](NC(=O)OC)C(C)C)[C@@H]1c1ncc(-c2ccc3c(c2)COc2cc4c(cc2-3)CCc2nc([C@@H]3CC(COCC5CCC5)CN3C(=O)[C@@H](NC(=O)OC)C(C)C)[nH]c2-4)[nH]1. The number of amides is 4. The Kier molecular flexibility index (Phi) is 12.7. The van der Waals surface area contributed by atoms with Gasteiger partial charge in [0.2, 0.25) is 11.8 Å². The molecular weight excluding hydrogens is 841 g/mol. The molecule has 2 saturated heterocycles. The predicted molar refractivity (Wildman–Crippen MR) is 246 cm³/mol. The van der Waals surface area contributed by atoms with Crippen LogP contribution in [0.2, 0.25) is 0 Å². The Bertz CT molecular complexity index is 2520. The number of imidazole rings is 2. The number of aromatic nitrogens is 4. The summed E-state index contributed by atoms with van der Waals surface area (Å²) < 4.78 is 22.4. The molecule has 3 fully saturated rings. The van der Waals surface area contributed by atoms with Gasteiger partial charge in [-0.25, -0.2) is 19.6 Å². The van der Waals surface area contributed by atoms with E-state index in [0.29, 0.717) is 50.9 Å². The van der Waals surface area contributed by atoms with E-state index in [0.717, 1.165) is 81.5 Å². The number of ether oxygens (including phenoxy) is 4. The first-order chi connectivity index (χ1) is 31.8. The fourth-order valence-corrected chi connectivity index (χ4v) is 10.3. The van der Waals surface area contributed by atoms with Gasteiger partial charge in [-0.1, -0.05) is 52.8 Å². The van der Waals surface area contributed by atoms with Crippen molar-refractivity contribution in [2.75, 3.05) is 40.5 Å². The molecule has 66 heavy (non-hydrogen) atoms. The van der Waals surface area contributed by atoms with Gasteiger partial charge in [0.05, 0.1) is 50.1 Å². The van der Waals surface area contributed by atoms with Crippen molar-refractivity contribution in [2.24, 2.45) is 23.7 Å². The fraction of sp³-hybridized carbons (Fsp3) is 0.520. The maximum absolute atomic E-state index is 14.3. The van der Waals surface area contributed by atoms with Gasteiger partial charge in [0.15, 0.2) is 0 Å². The maximum atomic E-state index is 14.3. The second-order valence-corrected chi connectivity index (χ2v) is 19.3. The molecule has 2 aromatic carbocycles. The summed E-state index contributed by atoms with van der Waals surface area (Å²) in [6, 6.07) is 8.43. The van der Waals surface area contributed by atoms with Crippen LogP contribution in [0.15, 0.2) is 48.7 Å². The van der Waals surface area contributed by atoms with Gasteiger partial charge in [0.1, 0.15) is 42.1 Å². The number of carbonyl (C=O) groups is 4. The number of rotatable bonds is 13. The molecule has 5 atom stereocenters. The summed E-state index contributed by atoms with van der Waals surface area (Å²) in [7, 11) is 2.59. The molecule has 0 radical (unpaired) electrons. The van der Waals surface area contributed by atoms with Crippen LogP contribution in [0, 0.1) is 23.7 Å². The van der Waals surface area contributed by atoms with Crippen molar-refractivity contribution < 1.29 is 38.1 Å². The number of carbonyl (C=O) groups excluding carboxylic acids is 4. The lowest BCUT2D eigenvalue weighted by Crippen LogP contribution is -2.51. The summed E-state index contributed by atoms with van der Waals surface area (Å²) in [5.41, 5.74) is 9.94. The molecule has 350 valence electrons. The average Bonchev–Trinajstić information content (AvgIpc) is 4.12. The van der Waals surface area contributed by atoms with Crippen LogP contribution in [0.25, 0.3) is 33.6 Å². The number of aromatic amines is 2. The van der Waals surface area contributed by atoms with Crippen molar-refractivity contribution in [1.82, 2.24) is 40.4 Å². The van der Waals surface area contributed by atoms with Gasteiger partial charge in [0, 0.05) is 36.7 Å². The highest BCUT2D eigenvalue weighted by Gasteiger charge is 2.43. The van der Waals surface area contributed by atoms with E-state index in [1.807, 2.05) is 32.6 Å². The molecule has 3 aliphatic heterocycles. The Hall–Kier alpha value is -6.16.